The summed E-state index contributed by atoms with van der Waals surface area (Å²) in [5, 5.41) is 9.56. The summed E-state index contributed by atoms with van der Waals surface area (Å²) in [6, 6.07) is 4.84. The Morgan fingerprint density at radius 2 is 2.40 bits per heavy atom. The number of rotatable bonds is 3. The Kier molecular flexibility index (Phi) is 1.87. The highest BCUT2D eigenvalue weighted by atomic mass is 16.4. The summed E-state index contributed by atoms with van der Waals surface area (Å²) in [6.45, 7) is 0. The van der Waals surface area contributed by atoms with Crippen molar-refractivity contribution in [1.29, 1.82) is 0 Å². The maximum atomic E-state index is 10.9. The number of aromatic nitrogens is 1. The first-order valence-electron chi connectivity index (χ1n) is 5.53. The Morgan fingerprint density at radius 1 is 1.67 bits per heavy atom. The van der Waals surface area contributed by atoms with E-state index < -0.39 is 18.4 Å². The van der Waals surface area contributed by atoms with Gasteiger partial charge in [0.1, 0.15) is 6.02 Å². The minimum atomic E-state index is -2.36. The van der Waals surface area contributed by atoms with Crippen LogP contribution in [0.4, 0.5) is 0 Å². The molecule has 0 radical (unpaired) electrons. The molecular formula is C11H12N2O2. The summed E-state index contributed by atoms with van der Waals surface area (Å²) >= 11 is 0. The summed E-state index contributed by atoms with van der Waals surface area (Å²) < 4.78 is 15.3. The molecule has 4 N–H and O–H groups in total. The van der Waals surface area contributed by atoms with Crippen molar-refractivity contribution in [2.24, 2.45) is 5.73 Å². The van der Waals surface area contributed by atoms with E-state index >= 15 is 0 Å². The molecule has 4 heteroatoms. The van der Waals surface area contributed by atoms with Crippen LogP contribution < -0.4 is 5.73 Å². The Balaban J connectivity index is 2.50. The van der Waals surface area contributed by atoms with Crippen LogP contribution in [0.3, 0.4) is 0 Å². The molecule has 0 bridgehead atoms. The molecule has 2 atom stereocenters. The van der Waals surface area contributed by atoms with Gasteiger partial charge in [-0.15, -0.1) is 0 Å². The molecule has 0 fully saturated rings. The number of H-pyrrole nitrogens is 1. The molecular weight excluding hydrogens is 192 g/mol. The van der Waals surface area contributed by atoms with Crippen molar-refractivity contribution in [3.05, 3.63) is 36.0 Å². The van der Waals surface area contributed by atoms with Crippen LogP contribution in [-0.2, 0) is 11.2 Å². The van der Waals surface area contributed by atoms with Gasteiger partial charge in [-0.05, 0) is 11.6 Å². The number of nitrogens with two attached hydrogens (primary N) is 1. The first kappa shape index (κ1) is 7.48. The van der Waals surface area contributed by atoms with Crippen LogP contribution in [-0.4, -0.2) is 22.1 Å². The SMILES string of the molecule is [2H][C@H](c1c[nH]c2ccccc12)[C@@]([2H])(N)C(=O)O. The largest absolute Gasteiger partial charge is 0.480 e. The van der Waals surface area contributed by atoms with E-state index in [0.717, 1.165) is 10.9 Å². The van der Waals surface area contributed by atoms with Crippen molar-refractivity contribution in [2.45, 2.75) is 12.4 Å². The van der Waals surface area contributed by atoms with E-state index in [9.17, 15) is 4.79 Å². The second-order valence-corrected chi connectivity index (χ2v) is 3.19. The zero-order valence-corrected chi connectivity index (χ0v) is 7.90. The Labute approximate surface area is 89.5 Å². The molecule has 0 unspecified atom stereocenters. The number of hydrogen-bond acceptors (Lipinski definition) is 2. The minimum Gasteiger partial charge on any atom is -0.480 e. The minimum absolute atomic E-state index is 0.417. The Morgan fingerprint density at radius 3 is 3.13 bits per heavy atom. The number of benzene rings is 1. The van der Waals surface area contributed by atoms with Crippen LogP contribution in [0.2, 0.25) is 0 Å². The summed E-state index contributed by atoms with van der Waals surface area (Å²) in [4.78, 5) is 13.8. The highest BCUT2D eigenvalue weighted by Gasteiger charge is 2.14. The third kappa shape index (κ3) is 1.85. The predicted molar refractivity (Wildman–Crippen MR) is 57.6 cm³/mol. The first-order chi connectivity index (χ1) is 7.94. The molecule has 0 aliphatic heterocycles. The van der Waals surface area contributed by atoms with Gasteiger partial charge >= 0.3 is 5.97 Å². The highest BCUT2D eigenvalue weighted by molar-refractivity contribution is 5.84. The topological polar surface area (TPSA) is 79.1 Å². The van der Waals surface area contributed by atoms with Gasteiger partial charge in [0.15, 0.2) is 0 Å². The highest BCUT2D eigenvalue weighted by Crippen LogP contribution is 2.18. The zero-order valence-electron chi connectivity index (χ0n) is 9.90. The van der Waals surface area contributed by atoms with Crippen molar-refractivity contribution in [2.75, 3.05) is 0 Å². The van der Waals surface area contributed by atoms with Gasteiger partial charge in [0.25, 0.3) is 0 Å². The summed E-state index contributed by atoms with van der Waals surface area (Å²) in [6.07, 6.45) is 0.178. The number of aromatic amines is 1. The van der Waals surface area contributed by atoms with Crippen molar-refractivity contribution >= 4 is 16.9 Å². The smallest absolute Gasteiger partial charge is 0.320 e. The van der Waals surface area contributed by atoms with Crippen molar-refractivity contribution in [3.8, 4) is 0 Å². The van der Waals surface area contributed by atoms with Crippen LogP contribution in [0.5, 0.6) is 0 Å². The number of nitrogens with one attached hydrogen (secondary N) is 1. The average Bonchev–Trinajstić information content (AvgIpc) is 2.71. The maximum Gasteiger partial charge on any atom is 0.320 e. The van der Waals surface area contributed by atoms with E-state index in [1.54, 1.807) is 12.1 Å². The number of carboxylic acids is 1. The fraction of sp³-hybridized carbons (Fsp3) is 0.182. The van der Waals surface area contributed by atoms with Crippen molar-refractivity contribution in [1.82, 2.24) is 4.98 Å². The number of fused-ring (bicyclic) bond motifs is 1. The first-order valence-corrected chi connectivity index (χ1v) is 4.45. The quantitative estimate of drug-likeness (QED) is 0.704. The lowest BCUT2D eigenvalue weighted by atomic mass is 10.1. The number of hydrogen-bond donors (Lipinski definition) is 3. The van der Waals surface area contributed by atoms with Gasteiger partial charge in [0, 0.05) is 24.9 Å². The van der Waals surface area contributed by atoms with E-state index in [1.165, 1.54) is 6.20 Å². The molecule has 1 aromatic heterocycles. The molecule has 0 saturated heterocycles. The summed E-state index contributed by atoms with van der Waals surface area (Å²) in [5.41, 5.74) is 6.56. The van der Waals surface area contributed by atoms with Gasteiger partial charge in [0.2, 0.25) is 0 Å². The van der Waals surface area contributed by atoms with E-state index in [0.29, 0.717) is 5.56 Å². The zero-order chi connectivity index (χ0) is 12.6. The van der Waals surface area contributed by atoms with Gasteiger partial charge in [-0.2, -0.15) is 0 Å². The van der Waals surface area contributed by atoms with Crippen LogP contribution in [0.15, 0.2) is 30.5 Å². The lowest BCUT2D eigenvalue weighted by Crippen LogP contribution is -2.32. The molecule has 1 aromatic carbocycles. The maximum absolute atomic E-state index is 10.9. The number of carboxylic acid groups (broad SMARTS) is 1. The molecule has 1 heterocycles. The molecule has 0 amide bonds. The van der Waals surface area contributed by atoms with Crippen molar-refractivity contribution in [3.63, 3.8) is 0 Å². The molecule has 0 spiro atoms. The molecule has 2 rings (SSSR count). The van der Waals surface area contributed by atoms with E-state index in [2.05, 4.69) is 4.98 Å². The molecule has 0 aliphatic carbocycles. The summed E-state index contributed by atoms with van der Waals surface area (Å²) in [7, 11) is 0. The number of para-hydroxylation sites is 1. The monoisotopic (exact) mass is 206 g/mol. The molecule has 15 heavy (non-hydrogen) atoms. The predicted octanol–water partition coefficient (Wildman–Crippen LogP) is 1.12. The van der Waals surface area contributed by atoms with Gasteiger partial charge < -0.3 is 15.8 Å². The third-order valence-corrected chi connectivity index (χ3v) is 2.18. The van der Waals surface area contributed by atoms with Crippen LogP contribution >= 0.6 is 0 Å². The second-order valence-electron chi connectivity index (χ2n) is 3.19. The number of carbonyl (C=O) groups is 1. The van der Waals surface area contributed by atoms with Crippen LogP contribution in [0.1, 0.15) is 8.30 Å². The van der Waals surface area contributed by atoms with Gasteiger partial charge in [-0.1, -0.05) is 18.2 Å². The fourth-order valence-electron chi connectivity index (χ4n) is 1.44. The average molecular weight is 206 g/mol. The van der Waals surface area contributed by atoms with E-state index in [1.807, 2.05) is 12.1 Å². The molecule has 0 saturated carbocycles. The fourth-order valence-corrected chi connectivity index (χ4v) is 1.44. The van der Waals surface area contributed by atoms with E-state index in [4.69, 9.17) is 13.6 Å². The van der Waals surface area contributed by atoms with Gasteiger partial charge in [-0.25, -0.2) is 0 Å². The molecule has 4 nitrogen and oxygen atoms in total. The number of aliphatic carboxylic acids is 1. The Bertz CT molecular complexity index is 565. The molecule has 0 aliphatic rings. The van der Waals surface area contributed by atoms with Gasteiger partial charge in [-0.3, -0.25) is 4.79 Å². The van der Waals surface area contributed by atoms with Crippen molar-refractivity contribution < 1.29 is 12.6 Å². The standard InChI is InChI=1S/C11H12N2O2/c12-9(11(14)15)5-7-6-13-10-4-2-1-3-8(7)10/h1-4,6,9,13H,5,12H2,(H,14,15)/t9-/m1/s1/i5D,9D/t5-,9-. The Hall–Kier alpha value is -1.81. The second kappa shape index (κ2) is 3.74. The molecule has 2 aromatic rings. The van der Waals surface area contributed by atoms with Crippen LogP contribution in [0.25, 0.3) is 10.9 Å². The normalized spacial score (nSPS) is 19.0. The van der Waals surface area contributed by atoms with E-state index in [-0.39, 0.29) is 0 Å². The summed E-state index contributed by atoms with van der Waals surface area (Å²) in [5.74, 6) is -1.51. The lowest BCUT2D eigenvalue weighted by Gasteiger charge is -2.04. The molecule has 78 valence electrons. The van der Waals surface area contributed by atoms with Crippen LogP contribution in [0, 0.1) is 0 Å². The third-order valence-electron chi connectivity index (χ3n) is 2.18. The lowest BCUT2D eigenvalue weighted by molar-refractivity contribution is -0.138. The van der Waals surface area contributed by atoms with Gasteiger partial charge in [0.05, 0.1) is 1.37 Å².